The lowest BCUT2D eigenvalue weighted by Gasteiger charge is -2.39. The van der Waals surface area contributed by atoms with E-state index >= 15 is 0 Å². The summed E-state index contributed by atoms with van der Waals surface area (Å²) in [6.45, 7) is -0.391. The number of aliphatic hydroxyl groups excluding tert-OH is 4. The lowest BCUT2D eigenvalue weighted by molar-refractivity contribution is -0.298. The number of aromatic hydroxyl groups is 1. The van der Waals surface area contributed by atoms with Gasteiger partial charge in [-0.15, -0.1) is 0 Å². The van der Waals surface area contributed by atoms with Crippen LogP contribution in [-0.2, 0) is 9.47 Å². The van der Waals surface area contributed by atoms with Crippen LogP contribution in [0, 0.1) is 0 Å². The highest BCUT2D eigenvalue weighted by Crippen LogP contribution is 2.22. The summed E-state index contributed by atoms with van der Waals surface area (Å²) in [5, 5.41) is 47.2. The summed E-state index contributed by atoms with van der Waals surface area (Å²) in [6, 6.07) is 6.55. The summed E-state index contributed by atoms with van der Waals surface area (Å²) in [5.41, 5.74) is 0.857. The molecule has 5 N–H and O–H groups in total. The Morgan fingerprint density at radius 1 is 1.05 bits per heavy atom. The molecule has 1 aromatic carbocycles. The maximum Gasteiger partial charge on any atom is 0.187 e. The van der Waals surface area contributed by atoms with Gasteiger partial charge in [-0.3, -0.25) is 0 Å². The van der Waals surface area contributed by atoms with Crippen molar-refractivity contribution in [3.8, 4) is 5.75 Å². The van der Waals surface area contributed by atoms with Crippen molar-refractivity contribution in [2.45, 2.75) is 30.7 Å². The molecule has 0 amide bonds. The number of phenolic OH excluding ortho intramolecular Hbond substituents is 1. The van der Waals surface area contributed by atoms with Gasteiger partial charge in [-0.1, -0.05) is 24.3 Å². The molecule has 0 saturated carbocycles. The van der Waals surface area contributed by atoms with E-state index in [2.05, 4.69) is 0 Å². The molecule has 2 rings (SSSR count). The van der Waals surface area contributed by atoms with E-state index < -0.39 is 37.3 Å². The standard InChI is InChI=1S/C15H20O7/c16-8-11-12(18)13(19)14(20)15(22-11)21-7-1-2-9-3-5-10(17)6-4-9/h1-6,11-20H,7-8H2/t11-,12-,13+,14-,15-/m1/s1. The van der Waals surface area contributed by atoms with Crippen LogP contribution in [0.4, 0.5) is 0 Å². The number of aliphatic hydroxyl groups is 4. The van der Waals surface area contributed by atoms with Crippen molar-refractivity contribution in [1.82, 2.24) is 0 Å². The fraction of sp³-hybridized carbons (Fsp3) is 0.467. The van der Waals surface area contributed by atoms with Gasteiger partial charge in [0.2, 0.25) is 0 Å². The third-order valence-electron chi connectivity index (χ3n) is 3.41. The second kappa shape index (κ2) is 7.68. The summed E-state index contributed by atoms with van der Waals surface area (Å²) in [6.07, 6.45) is -2.94. The van der Waals surface area contributed by atoms with Crippen molar-refractivity contribution in [1.29, 1.82) is 0 Å². The lowest BCUT2D eigenvalue weighted by Crippen LogP contribution is -2.59. The predicted octanol–water partition coefficient (Wildman–Crippen LogP) is -0.778. The minimum atomic E-state index is -1.45. The summed E-state index contributed by atoms with van der Waals surface area (Å²) in [7, 11) is 0. The molecule has 0 unspecified atom stereocenters. The van der Waals surface area contributed by atoms with E-state index in [-0.39, 0.29) is 12.4 Å². The average Bonchev–Trinajstić information content (AvgIpc) is 2.53. The van der Waals surface area contributed by atoms with E-state index in [1.165, 1.54) is 0 Å². The third-order valence-corrected chi connectivity index (χ3v) is 3.41. The van der Waals surface area contributed by atoms with Gasteiger partial charge >= 0.3 is 0 Å². The van der Waals surface area contributed by atoms with E-state index in [9.17, 15) is 15.3 Å². The Morgan fingerprint density at radius 2 is 1.73 bits per heavy atom. The number of ether oxygens (including phenoxy) is 2. The highest BCUT2D eigenvalue weighted by molar-refractivity contribution is 5.50. The van der Waals surface area contributed by atoms with Crippen LogP contribution in [-0.4, -0.2) is 69.5 Å². The molecule has 1 aliphatic rings. The first kappa shape index (κ1) is 16.9. The second-order valence-electron chi connectivity index (χ2n) is 5.02. The summed E-state index contributed by atoms with van der Waals surface area (Å²) in [4.78, 5) is 0. The average molecular weight is 312 g/mol. The van der Waals surface area contributed by atoms with Gasteiger partial charge in [0.05, 0.1) is 13.2 Å². The van der Waals surface area contributed by atoms with Gasteiger partial charge in [0, 0.05) is 0 Å². The molecule has 0 spiro atoms. The summed E-state index contributed by atoms with van der Waals surface area (Å²) < 4.78 is 10.5. The third kappa shape index (κ3) is 4.04. The Labute approximate surface area is 127 Å². The van der Waals surface area contributed by atoms with Crippen LogP contribution in [0.15, 0.2) is 30.3 Å². The quantitative estimate of drug-likeness (QED) is 0.484. The number of benzene rings is 1. The minimum absolute atomic E-state index is 0.101. The maximum absolute atomic E-state index is 9.77. The predicted molar refractivity (Wildman–Crippen MR) is 76.9 cm³/mol. The van der Waals surface area contributed by atoms with Crippen molar-refractivity contribution in [2.75, 3.05) is 13.2 Å². The molecule has 1 aliphatic heterocycles. The maximum atomic E-state index is 9.77. The zero-order valence-electron chi connectivity index (χ0n) is 11.8. The molecule has 122 valence electrons. The highest BCUT2D eigenvalue weighted by atomic mass is 16.7. The Kier molecular flexibility index (Phi) is 5.90. The number of hydrogen-bond donors (Lipinski definition) is 5. The van der Waals surface area contributed by atoms with Crippen molar-refractivity contribution >= 4 is 6.08 Å². The molecule has 1 saturated heterocycles. The van der Waals surface area contributed by atoms with Crippen molar-refractivity contribution < 1.29 is 35.0 Å². The monoisotopic (exact) mass is 312 g/mol. The van der Waals surface area contributed by atoms with Crippen LogP contribution in [0.2, 0.25) is 0 Å². The molecule has 5 atom stereocenters. The second-order valence-corrected chi connectivity index (χ2v) is 5.02. The molecule has 0 aliphatic carbocycles. The zero-order chi connectivity index (χ0) is 16.1. The van der Waals surface area contributed by atoms with E-state index in [1.54, 1.807) is 36.4 Å². The summed E-state index contributed by atoms with van der Waals surface area (Å²) in [5.74, 6) is 0.176. The molecule has 1 heterocycles. The van der Waals surface area contributed by atoms with Gasteiger partial charge in [0.25, 0.3) is 0 Å². The normalized spacial score (nSPS) is 32.5. The molecule has 0 bridgehead atoms. The van der Waals surface area contributed by atoms with Crippen LogP contribution in [0.1, 0.15) is 5.56 Å². The van der Waals surface area contributed by atoms with E-state index in [1.807, 2.05) is 0 Å². The number of hydrogen-bond acceptors (Lipinski definition) is 7. The molecule has 1 aromatic rings. The molecular weight excluding hydrogens is 292 g/mol. The number of rotatable bonds is 5. The van der Waals surface area contributed by atoms with Gasteiger partial charge < -0.3 is 35.0 Å². The smallest absolute Gasteiger partial charge is 0.187 e. The Bertz CT molecular complexity index is 485. The lowest BCUT2D eigenvalue weighted by atomic mass is 9.99. The molecule has 7 nitrogen and oxygen atoms in total. The fourth-order valence-electron chi connectivity index (χ4n) is 2.13. The van der Waals surface area contributed by atoms with Crippen LogP contribution in [0.3, 0.4) is 0 Å². The van der Waals surface area contributed by atoms with Crippen molar-refractivity contribution in [2.24, 2.45) is 0 Å². The van der Waals surface area contributed by atoms with Gasteiger partial charge in [-0.2, -0.15) is 0 Å². The molecule has 22 heavy (non-hydrogen) atoms. The Balaban J connectivity index is 1.86. The minimum Gasteiger partial charge on any atom is -0.508 e. The van der Waals surface area contributed by atoms with Crippen LogP contribution >= 0.6 is 0 Å². The first-order valence-electron chi connectivity index (χ1n) is 6.90. The molecular formula is C15H20O7. The topological polar surface area (TPSA) is 120 Å². The van der Waals surface area contributed by atoms with E-state index in [0.29, 0.717) is 0 Å². The van der Waals surface area contributed by atoms with Gasteiger partial charge in [-0.25, -0.2) is 0 Å². The van der Waals surface area contributed by atoms with Crippen molar-refractivity contribution in [3.63, 3.8) is 0 Å². The first-order valence-corrected chi connectivity index (χ1v) is 6.90. The zero-order valence-corrected chi connectivity index (χ0v) is 11.8. The Hall–Kier alpha value is -1.48. The fourth-order valence-corrected chi connectivity index (χ4v) is 2.13. The van der Waals surface area contributed by atoms with Gasteiger partial charge in [0.15, 0.2) is 6.29 Å². The van der Waals surface area contributed by atoms with Crippen LogP contribution in [0.25, 0.3) is 6.08 Å². The van der Waals surface area contributed by atoms with Gasteiger partial charge in [0.1, 0.15) is 30.2 Å². The van der Waals surface area contributed by atoms with E-state index in [0.717, 1.165) is 5.56 Å². The molecule has 1 fully saturated rings. The molecule has 0 aromatic heterocycles. The largest absolute Gasteiger partial charge is 0.508 e. The number of phenols is 1. The summed E-state index contributed by atoms with van der Waals surface area (Å²) >= 11 is 0. The highest BCUT2D eigenvalue weighted by Gasteiger charge is 2.43. The van der Waals surface area contributed by atoms with E-state index in [4.69, 9.17) is 19.7 Å². The first-order chi connectivity index (χ1) is 10.5. The van der Waals surface area contributed by atoms with Crippen molar-refractivity contribution in [3.05, 3.63) is 35.9 Å². The molecule has 7 heteroatoms. The SMILES string of the molecule is OC[C@H]1O[C@@H](OCC=Cc2ccc(O)cc2)[C@H](O)[C@@H](O)[C@@H]1O. The van der Waals surface area contributed by atoms with Crippen LogP contribution in [0.5, 0.6) is 5.75 Å². The molecule has 0 radical (unpaired) electrons. The van der Waals surface area contributed by atoms with Crippen LogP contribution < -0.4 is 0 Å². The Morgan fingerprint density at radius 3 is 2.36 bits per heavy atom. The van der Waals surface area contributed by atoms with Gasteiger partial charge in [-0.05, 0) is 17.7 Å².